The first-order valence-corrected chi connectivity index (χ1v) is 8.15. The van der Waals surface area contributed by atoms with E-state index in [0.717, 1.165) is 29.7 Å². The van der Waals surface area contributed by atoms with Crippen LogP contribution in [0.5, 0.6) is 11.5 Å². The van der Waals surface area contributed by atoms with Gasteiger partial charge >= 0.3 is 7.12 Å². The van der Waals surface area contributed by atoms with E-state index in [1.807, 2.05) is 18.2 Å². The summed E-state index contributed by atoms with van der Waals surface area (Å²) in [5.74, 6) is 2.11. The molecule has 1 unspecified atom stereocenters. The first kappa shape index (κ1) is 16.9. The van der Waals surface area contributed by atoms with Gasteiger partial charge in [0.05, 0.1) is 19.7 Å². The highest BCUT2D eigenvalue weighted by atomic mass is 16.5. The second-order valence-corrected chi connectivity index (χ2v) is 6.41. The van der Waals surface area contributed by atoms with Crippen LogP contribution < -0.4 is 14.4 Å². The number of rotatable bonds is 6. The quantitative estimate of drug-likeness (QED) is 0.787. The first-order chi connectivity index (χ1) is 11.5. The molecule has 0 saturated carbocycles. The molecular formula is C17H23BN2O4. The van der Waals surface area contributed by atoms with Crippen molar-refractivity contribution >= 4 is 23.7 Å². The zero-order chi connectivity index (χ0) is 17.3. The van der Waals surface area contributed by atoms with Gasteiger partial charge in [-0.05, 0) is 30.3 Å². The first-order valence-electron chi connectivity index (χ1n) is 8.15. The molecule has 2 N–H and O–H groups in total. The minimum Gasteiger partial charge on any atom is -0.493 e. The Labute approximate surface area is 142 Å². The van der Waals surface area contributed by atoms with Gasteiger partial charge in [0.1, 0.15) is 0 Å². The van der Waals surface area contributed by atoms with Crippen molar-refractivity contribution < 1.29 is 19.5 Å². The molecule has 128 valence electrons. The number of hydrogen-bond donors (Lipinski definition) is 2. The molecule has 1 aliphatic heterocycles. The van der Waals surface area contributed by atoms with Gasteiger partial charge < -0.3 is 24.4 Å². The van der Waals surface area contributed by atoms with Crippen molar-refractivity contribution in [2.45, 2.75) is 13.2 Å². The molecule has 1 fully saturated rings. The number of hydrogen-bond acceptors (Lipinski definition) is 6. The molecule has 0 aliphatic carbocycles. The van der Waals surface area contributed by atoms with Crippen molar-refractivity contribution in [1.82, 2.24) is 4.98 Å². The minimum absolute atomic E-state index is 0.281. The van der Waals surface area contributed by atoms with Crippen LogP contribution in [0.4, 0.5) is 5.69 Å². The van der Waals surface area contributed by atoms with Gasteiger partial charge in [0.2, 0.25) is 0 Å². The van der Waals surface area contributed by atoms with Crippen LogP contribution in [-0.4, -0.2) is 49.5 Å². The summed E-state index contributed by atoms with van der Waals surface area (Å²) in [5.41, 5.74) is 1.99. The summed E-state index contributed by atoms with van der Waals surface area (Å²) in [4.78, 5) is 6.72. The van der Waals surface area contributed by atoms with Crippen LogP contribution >= 0.6 is 0 Å². The predicted molar refractivity (Wildman–Crippen MR) is 94.7 cm³/mol. The zero-order valence-corrected chi connectivity index (χ0v) is 14.3. The number of fused-ring (bicyclic) bond motifs is 1. The summed E-state index contributed by atoms with van der Waals surface area (Å²) in [5, 5.41) is 19.3. The van der Waals surface area contributed by atoms with Crippen molar-refractivity contribution in [1.29, 1.82) is 0 Å². The Morgan fingerprint density at radius 3 is 2.54 bits per heavy atom. The lowest BCUT2D eigenvalue weighted by molar-refractivity contribution is 0.289. The summed E-state index contributed by atoms with van der Waals surface area (Å²) in [6, 6.07) is 5.86. The molecule has 0 spiro atoms. The molecule has 6 nitrogen and oxygen atoms in total. The van der Waals surface area contributed by atoms with E-state index >= 15 is 0 Å². The normalized spacial score (nSPS) is 16.0. The molecule has 1 atom stereocenters. The maximum Gasteiger partial charge on any atom is 0.451 e. The van der Waals surface area contributed by atoms with Gasteiger partial charge in [-0.2, -0.15) is 0 Å². The number of methoxy groups -OCH3 is 2. The van der Waals surface area contributed by atoms with E-state index in [9.17, 15) is 0 Å². The summed E-state index contributed by atoms with van der Waals surface area (Å²) in [6.07, 6.45) is 2.22. The summed E-state index contributed by atoms with van der Waals surface area (Å²) < 4.78 is 10.8. The monoisotopic (exact) mass is 330 g/mol. The molecule has 2 heterocycles. The number of anilines is 1. The number of pyridine rings is 1. The Morgan fingerprint density at radius 2 is 1.92 bits per heavy atom. The SMILES string of the molecule is COc1cc2nccc(N3CC(C(C)CB(O)O)C3)c2cc1OC. The summed E-state index contributed by atoms with van der Waals surface area (Å²) in [6.45, 7) is 3.88. The van der Waals surface area contributed by atoms with Gasteiger partial charge in [-0.15, -0.1) is 0 Å². The average molecular weight is 330 g/mol. The molecule has 1 aliphatic rings. The topological polar surface area (TPSA) is 75.1 Å². The highest BCUT2D eigenvalue weighted by Gasteiger charge is 2.33. The van der Waals surface area contributed by atoms with Crippen LogP contribution in [-0.2, 0) is 0 Å². The van der Waals surface area contributed by atoms with E-state index in [4.69, 9.17) is 19.5 Å². The Kier molecular flexibility index (Phi) is 4.82. The highest BCUT2D eigenvalue weighted by molar-refractivity contribution is 6.41. The maximum absolute atomic E-state index is 9.13. The molecule has 0 radical (unpaired) electrons. The molecule has 3 rings (SSSR count). The van der Waals surface area contributed by atoms with Gasteiger partial charge in [-0.25, -0.2) is 0 Å². The van der Waals surface area contributed by atoms with E-state index in [1.165, 1.54) is 0 Å². The standard InChI is InChI=1S/C17H23BN2O4/c1-11(8-18(21)22)12-9-20(10-12)15-4-5-19-14-7-17(24-3)16(23-2)6-13(14)15/h4-7,11-12,21-22H,8-10H2,1-3H3. The fraction of sp³-hybridized carbons (Fsp3) is 0.471. The van der Waals surface area contributed by atoms with Gasteiger partial charge in [0.15, 0.2) is 11.5 Å². The molecule has 1 saturated heterocycles. The van der Waals surface area contributed by atoms with Gasteiger partial charge in [-0.3, -0.25) is 4.98 Å². The minimum atomic E-state index is -1.23. The van der Waals surface area contributed by atoms with Gasteiger partial charge in [0.25, 0.3) is 0 Å². The van der Waals surface area contributed by atoms with Crippen LogP contribution in [0.15, 0.2) is 24.4 Å². The molecule has 24 heavy (non-hydrogen) atoms. The molecule has 7 heteroatoms. The Bertz CT molecular complexity index is 719. The Morgan fingerprint density at radius 1 is 1.25 bits per heavy atom. The maximum atomic E-state index is 9.13. The molecule has 0 bridgehead atoms. The van der Waals surface area contributed by atoms with E-state index < -0.39 is 7.12 Å². The van der Waals surface area contributed by atoms with E-state index in [2.05, 4.69) is 16.8 Å². The lowest BCUT2D eigenvalue weighted by Gasteiger charge is -2.44. The second kappa shape index (κ2) is 6.87. The fourth-order valence-corrected chi connectivity index (χ4v) is 3.33. The van der Waals surface area contributed by atoms with Crippen LogP contribution in [0.2, 0.25) is 6.32 Å². The van der Waals surface area contributed by atoms with Crippen LogP contribution in [0.25, 0.3) is 10.9 Å². The van der Waals surface area contributed by atoms with E-state index in [1.54, 1.807) is 20.4 Å². The van der Waals surface area contributed by atoms with Crippen molar-refractivity contribution in [3.05, 3.63) is 24.4 Å². The molecule has 2 aromatic rings. The molecule has 1 aromatic carbocycles. The fourth-order valence-electron chi connectivity index (χ4n) is 3.33. The lowest BCUT2D eigenvalue weighted by Crippen LogP contribution is -2.50. The molecular weight excluding hydrogens is 307 g/mol. The highest BCUT2D eigenvalue weighted by Crippen LogP contribution is 2.39. The second-order valence-electron chi connectivity index (χ2n) is 6.41. The number of nitrogens with zero attached hydrogens (tertiary/aromatic N) is 2. The third-order valence-corrected chi connectivity index (χ3v) is 4.86. The lowest BCUT2D eigenvalue weighted by atomic mass is 9.72. The number of ether oxygens (including phenoxy) is 2. The number of aromatic nitrogens is 1. The van der Waals surface area contributed by atoms with Crippen molar-refractivity contribution in [2.24, 2.45) is 11.8 Å². The van der Waals surface area contributed by atoms with Gasteiger partial charge in [-0.1, -0.05) is 6.92 Å². The largest absolute Gasteiger partial charge is 0.493 e. The van der Waals surface area contributed by atoms with Gasteiger partial charge in [0, 0.05) is 36.4 Å². The molecule has 1 aromatic heterocycles. The smallest absolute Gasteiger partial charge is 0.451 e. The van der Waals surface area contributed by atoms with Crippen molar-refractivity contribution in [3.63, 3.8) is 0 Å². The number of benzene rings is 1. The van der Waals surface area contributed by atoms with Crippen molar-refractivity contribution in [2.75, 3.05) is 32.2 Å². The van der Waals surface area contributed by atoms with Crippen LogP contribution in [0, 0.1) is 11.8 Å². The van der Waals surface area contributed by atoms with E-state index in [-0.39, 0.29) is 5.92 Å². The Hall–Kier alpha value is -1.99. The van der Waals surface area contributed by atoms with E-state index in [0.29, 0.717) is 23.7 Å². The Balaban J connectivity index is 1.84. The van der Waals surface area contributed by atoms with Crippen LogP contribution in [0.3, 0.4) is 0 Å². The summed E-state index contributed by atoms with van der Waals surface area (Å²) >= 11 is 0. The van der Waals surface area contributed by atoms with Crippen LogP contribution in [0.1, 0.15) is 6.92 Å². The molecule has 0 amide bonds. The van der Waals surface area contributed by atoms with Crippen molar-refractivity contribution in [3.8, 4) is 11.5 Å². The summed E-state index contributed by atoms with van der Waals surface area (Å²) in [7, 11) is 2.01. The zero-order valence-electron chi connectivity index (χ0n) is 14.3. The third kappa shape index (κ3) is 3.14. The predicted octanol–water partition coefficient (Wildman–Crippen LogP) is 1.80. The third-order valence-electron chi connectivity index (χ3n) is 4.86. The average Bonchev–Trinajstić information content (AvgIpc) is 2.51.